The van der Waals surface area contributed by atoms with Gasteiger partial charge in [-0.1, -0.05) is 24.3 Å². The molecule has 3 rings (SSSR count). The molecule has 0 bridgehead atoms. The van der Waals surface area contributed by atoms with Crippen LogP contribution < -0.4 is 0 Å². The number of hydrogen-bond acceptors (Lipinski definition) is 3. The maximum atomic E-state index is 12.4. The van der Waals surface area contributed by atoms with Crippen molar-refractivity contribution >= 4 is 17.6 Å². The molecule has 0 saturated heterocycles. The van der Waals surface area contributed by atoms with Gasteiger partial charge in [-0.05, 0) is 43.2 Å². The van der Waals surface area contributed by atoms with Crippen LogP contribution in [0.25, 0.3) is 0 Å². The number of carbonyl (C=O) groups is 3. The lowest BCUT2D eigenvalue weighted by molar-refractivity contribution is 0.0624. The Balaban J connectivity index is 1.85. The van der Waals surface area contributed by atoms with E-state index >= 15 is 0 Å². The highest BCUT2D eigenvalue weighted by Gasteiger charge is 2.36. The highest BCUT2D eigenvalue weighted by molar-refractivity contribution is 6.23. The topological polar surface area (TPSA) is 54.5 Å². The Morgan fingerprint density at radius 1 is 0.909 bits per heavy atom. The molecule has 0 N–H and O–H groups in total. The maximum absolute atomic E-state index is 12.4. The summed E-state index contributed by atoms with van der Waals surface area (Å²) in [6.45, 7) is 3.66. The quantitative estimate of drug-likeness (QED) is 0.646. The zero-order chi connectivity index (χ0) is 15.9. The van der Waals surface area contributed by atoms with E-state index in [4.69, 9.17) is 0 Å². The van der Waals surface area contributed by atoms with E-state index in [0.717, 1.165) is 16.0 Å². The second-order valence-electron chi connectivity index (χ2n) is 5.46. The lowest BCUT2D eigenvalue weighted by Gasteiger charge is -2.13. The summed E-state index contributed by atoms with van der Waals surface area (Å²) in [5.74, 6) is -1.05. The molecule has 0 unspecified atom stereocenters. The fourth-order valence-electron chi connectivity index (χ4n) is 2.53. The molecule has 1 heterocycles. The van der Waals surface area contributed by atoms with Gasteiger partial charge in [-0.3, -0.25) is 19.3 Å². The van der Waals surface area contributed by atoms with Gasteiger partial charge in [0.05, 0.1) is 17.7 Å². The number of Topliss-reactive ketones (excluding diaryl/α,β-unsaturated/α-hetero) is 1. The van der Waals surface area contributed by atoms with E-state index in [1.54, 1.807) is 36.4 Å². The number of carbonyl (C=O) groups excluding carboxylic acids is 3. The van der Waals surface area contributed by atoms with Crippen LogP contribution in [-0.4, -0.2) is 29.0 Å². The zero-order valence-corrected chi connectivity index (χ0v) is 12.4. The molecule has 0 spiro atoms. The number of fused-ring (bicyclic) bond motifs is 1. The molecule has 0 fully saturated rings. The van der Waals surface area contributed by atoms with Gasteiger partial charge in [0.2, 0.25) is 0 Å². The fourth-order valence-corrected chi connectivity index (χ4v) is 2.53. The van der Waals surface area contributed by atoms with Crippen molar-refractivity contribution in [2.75, 3.05) is 6.54 Å². The molecule has 1 aliphatic rings. The summed E-state index contributed by atoms with van der Waals surface area (Å²) in [4.78, 5) is 37.9. The molecule has 2 amide bonds. The van der Waals surface area contributed by atoms with E-state index in [0.29, 0.717) is 16.7 Å². The van der Waals surface area contributed by atoms with Crippen LogP contribution in [-0.2, 0) is 0 Å². The molecule has 4 nitrogen and oxygen atoms in total. The third kappa shape index (κ3) is 2.22. The maximum Gasteiger partial charge on any atom is 0.261 e. The van der Waals surface area contributed by atoms with Gasteiger partial charge >= 0.3 is 0 Å². The van der Waals surface area contributed by atoms with Gasteiger partial charge in [0, 0.05) is 5.56 Å². The van der Waals surface area contributed by atoms with Crippen molar-refractivity contribution in [3.63, 3.8) is 0 Å². The summed E-state index contributed by atoms with van der Waals surface area (Å²) in [5.41, 5.74) is 3.34. The Bertz CT molecular complexity index is 773. The molecule has 0 aliphatic carbocycles. The van der Waals surface area contributed by atoms with Gasteiger partial charge in [0.25, 0.3) is 11.8 Å². The number of nitrogens with zero attached hydrogens (tertiary/aromatic N) is 1. The Morgan fingerprint density at radius 3 is 2.05 bits per heavy atom. The molecule has 0 saturated carbocycles. The van der Waals surface area contributed by atoms with Crippen molar-refractivity contribution < 1.29 is 14.4 Å². The SMILES string of the molecule is Cc1ccc(C(=O)CN2C(=O)c3ccccc3C2=O)cc1C. The minimum absolute atomic E-state index is 0.227. The summed E-state index contributed by atoms with van der Waals surface area (Å²) in [7, 11) is 0. The van der Waals surface area contributed by atoms with Crippen molar-refractivity contribution in [2.45, 2.75) is 13.8 Å². The first kappa shape index (κ1) is 14.2. The van der Waals surface area contributed by atoms with Gasteiger partial charge in [-0.15, -0.1) is 0 Å². The highest BCUT2D eigenvalue weighted by Crippen LogP contribution is 2.22. The van der Waals surface area contributed by atoms with Crippen LogP contribution in [0.3, 0.4) is 0 Å². The molecular formula is C18H15NO3. The van der Waals surface area contributed by atoms with E-state index in [-0.39, 0.29) is 12.3 Å². The average Bonchev–Trinajstić information content (AvgIpc) is 2.75. The van der Waals surface area contributed by atoms with Crippen LogP contribution in [0.2, 0.25) is 0 Å². The predicted octanol–water partition coefficient (Wildman–Crippen LogP) is 2.78. The van der Waals surface area contributed by atoms with Crippen molar-refractivity contribution in [3.05, 3.63) is 70.3 Å². The lowest BCUT2D eigenvalue weighted by atomic mass is 10.0. The minimum Gasteiger partial charge on any atom is -0.292 e. The number of aryl methyl sites for hydroxylation is 2. The third-order valence-electron chi connectivity index (χ3n) is 4.01. The molecule has 0 aromatic heterocycles. The van der Waals surface area contributed by atoms with E-state index < -0.39 is 11.8 Å². The molecule has 1 aliphatic heterocycles. The average molecular weight is 293 g/mol. The van der Waals surface area contributed by atoms with Crippen molar-refractivity contribution in [3.8, 4) is 0 Å². The number of benzene rings is 2. The summed E-state index contributed by atoms with van der Waals surface area (Å²) >= 11 is 0. The van der Waals surface area contributed by atoms with Gasteiger partial charge in [-0.2, -0.15) is 0 Å². The largest absolute Gasteiger partial charge is 0.292 e. The molecule has 4 heteroatoms. The number of rotatable bonds is 3. The van der Waals surface area contributed by atoms with Crippen molar-refractivity contribution in [1.82, 2.24) is 4.90 Å². The summed E-state index contributed by atoms with van der Waals surface area (Å²) in [6, 6.07) is 12.0. The van der Waals surface area contributed by atoms with Crippen LogP contribution in [0.4, 0.5) is 0 Å². The Labute approximate surface area is 128 Å². The van der Waals surface area contributed by atoms with E-state index in [1.165, 1.54) is 0 Å². The second-order valence-corrected chi connectivity index (χ2v) is 5.46. The summed E-state index contributed by atoms with van der Waals surface area (Å²) in [5, 5.41) is 0. The standard InChI is InChI=1S/C18H15NO3/c1-11-7-8-13(9-12(11)2)16(20)10-19-17(21)14-5-3-4-6-15(14)18(19)22/h3-9H,10H2,1-2H3. The minimum atomic E-state index is -0.405. The molecule has 22 heavy (non-hydrogen) atoms. The lowest BCUT2D eigenvalue weighted by Crippen LogP contribution is -2.34. The molecule has 2 aromatic carbocycles. The predicted molar refractivity (Wildman–Crippen MR) is 82.1 cm³/mol. The molecular weight excluding hydrogens is 278 g/mol. The van der Waals surface area contributed by atoms with Crippen molar-refractivity contribution in [1.29, 1.82) is 0 Å². The van der Waals surface area contributed by atoms with Gasteiger partial charge < -0.3 is 0 Å². The van der Waals surface area contributed by atoms with Crippen LogP contribution in [0, 0.1) is 13.8 Å². The van der Waals surface area contributed by atoms with Crippen LogP contribution in [0.15, 0.2) is 42.5 Å². The summed E-state index contributed by atoms with van der Waals surface area (Å²) < 4.78 is 0. The third-order valence-corrected chi connectivity index (χ3v) is 4.01. The van der Waals surface area contributed by atoms with Crippen LogP contribution in [0.5, 0.6) is 0 Å². The first-order valence-corrected chi connectivity index (χ1v) is 7.04. The van der Waals surface area contributed by atoms with Gasteiger partial charge in [0.15, 0.2) is 5.78 Å². The first-order chi connectivity index (χ1) is 10.5. The van der Waals surface area contributed by atoms with Gasteiger partial charge in [-0.25, -0.2) is 0 Å². The monoisotopic (exact) mass is 293 g/mol. The van der Waals surface area contributed by atoms with E-state index in [9.17, 15) is 14.4 Å². The number of amides is 2. The van der Waals surface area contributed by atoms with Crippen molar-refractivity contribution in [2.24, 2.45) is 0 Å². The van der Waals surface area contributed by atoms with E-state index in [1.807, 2.05) is 19.9 Å². The molecule has 2 aromatic rings. The Hall–Kier alpha value is -2.75. The van der Waals surface area contributed by atoms with E-state index in [2.05, 4.69) is 0 Å². The van der Waals surface area contributed by atoms with Crippen LogP contribution >= 0.6 is 0 Å². The number of imide groups is 1. The Kier molecular flexibility index (Phi) is 3.37. The zero-order valence-electron chi connectivity index (χ0n) is 12.4. The summed E-state index contributed by atoms with van der Waals surface area (Å²) in [6.07, 6.45) is 0. The number of hydrogen-bond donors (Lipinski definition) is 0. The smallest absolute Gasteiger partial charge is 0.261 e. The Morgan fingerprint density at radius 2 is 1.50 bits per heavy atom. The van der Waals surface area contributed by atoms with Gasteiger partial charge in [0.1, 0.15) is 0 Å². The molecule has 0 radical (unpaired) electrons. The van der Waals surface area contributed by atoms with Crippen LogP contribution in [0.1, 0.15) is 42.2 Å². The first-order valence-electron chi connectivity index (χ1n) is 7.04. The molecule has 0 atom stereocenters. The normalized spacial score (nSPS) is 13.5. The molecule has 110 valence electrons. The fraction of sp³-hybridized carbons (Fsp3) is 0.167. The number of ketones is 1. The second kappa shape index (κ2) is 5.22. The highest BCUT2D eigenvalue weighted by atomic mass is 16.2.